The molecular weight excluding hydrogens is 371 g/mol. The van der Waals surface area contributed by atoms with Gasteiger partial charge in [0.1, 0.15) is 5.75 Å². The summed E-state index contributed by atoms with van der Waals surface area (Å²) < 4.78 is 6.49. The third kappa shape index (κ3) is 4.91. The minimum absolute atomic E-state index is 0.347. The van der Waals surface area contributed by atoms with Crippen molar-refractivity contribution in [2.75, 3.05) is 13.0 Å². The van der Waals surface area contributed by atoms with Crippen molar-refractivity contribution in [3.63, 3.8) is 0 Å². The third-order valence-corrected chi connectivity index (χ3v) is 4.61. The van der Waals surface area contributed by atoms with Crippen molar-refractivity contribution in [3.8, 4) is 5.75 Å². The van der Waals surface area contributed by atoms with E-state index in [0.717, 1.165) is 33.6 Å². The van der Waals surface area contributed by atoms with Gasteiger partial charge in [-0.15, -0.1) is 11.6 Å². The summed E-state index contributed by atoms with van der Waals surface area (Å²) in [5.41, 5.74) is 2.39. The van der Waals surface area contributed by atoms with Crippen LogP contribution >= 0.6 is 39.1 Å². The van der Waals surface area contributed by atoms with Crippen LogP contribution in [0.15, 0.2) is 46.9 Å². The van der Waals surface area contributed by atoms with E-state index in [1.807, 2.05) is 18.2 Å². The first kappa shape index (κ1) is 16.7. The van der Waals surface area contributed by atoms with Crippen LogP contribution in [-0.2, 0) is 12.8 Å². The van der Waals surface area contributed by atoms with Crippen molar-refractivity contribution >= 4 is 39.1 Å². The predicted octanol–water partition coefficient (Wildman–Crippen LogP) is 5.75. The van der Waals surface area contributed by atoms with Crippen LogP contribution in [-0.4, -0.2) is 13.0 Å². The Morgan fingerprint density at radius 3 is 2.43 bits per heavy atom. The number of hydrogen-bond acceptors (Lipinski definition) is 1. The molecule has 0 aliphatic carbocycles. The summed E-state index contributed by atoms with van der Waals surface area (Å²) in [4.78, 5) is 0. The summed E-state index contributed by atoms with van der Waals surface area (Å²) in [6.45, 7) is 0. The molecular formula is C17H17BrCl2O. The lowest BCUT2D eigenvalue weighted by molar-refractivity contribution is 0.405. The Bertz CT molecular complexity index is 584. The maximum atomic E-state index is 6.15. The van der Waals surface area contributed by atoms with Gasteiger partial charge in [-0.3, -0.25) is 0 Å². The van der Waals surface area contributed by atoms with Gasteiger partial charge < -0.3 is 4.74 Å². The Labute approximate surface area is 144 Å². The summed E-state index contributed by atoms with van der Waals surface area (Å²) in [7, 11) is 1.68. The van der Waals surface area contributed by atoms with Crippen LogP contribution in [0.3, 0.4) is 0 Å². The molecule has 2 rings (SSSR count). The Morgan fingerprint density at radius 2 is 1.81 bits per heavy atom. The van der Waals surface area contributed by atoms with Gasteiger partial charge in [0.25, 0.3) is 0 Å². The van der Waals surface area contributed by atoms with E-state index in [2.05, 4.69) is 40.2 Å². The highest BCUT2D eigenvalue weighted by Crippen LogP contribution is 2.27. The molecule has 0 N–H and O–H groups in total. The third-order valence-electron chi connectivity index (χ3n) is 3.41. The normalized spacial score (nSPS) is 12.2. The second kappa shape index (κ2) is 8.07. The van der Waals surface area contributed by atoms with Gasteiger partial charge in [0.15, 0.2) is 0 Å². The van der Waals surface area contributed by atoms with E-state index in [0.29, 0.717) is 11.8 Å². The van der Waals surface area contributed by atoms with Gasteiger partial charge in [-0.2, -0.15) is 0 Å². The number of hydrogen-bond donors (Lipinski definition) is 0. The zero-order valence-electron chi connectivity index (χ0n) is 11.8. The van der Waals surface area contributed by atoms with Crippen molar-refractivity contribution < 1.29 is 4.74 Å². The van der Waals surface area contributed by atoms with E-state index in [9.17, 15) is 0 Å². The molecule has 0 saturated heterocycles. The van der Waals surface area contributed by atoms with E-state index in [1.54, 1.807) is 7.11 Å². The van der Waals surface area contributed by atoms with E-state index >= 15 is 0 Å². The van der Waals surface area contributed by atoms with Gasteiger partial charge in [0.2, 0.25) is 0 Å². The molecule has 1 nitrogen and oxygen atoms in total. The Morgan fingerprint density at radius 1 is 1.10 bits per heavy atom. The van der Waals surface area contributed by atoms with E-state index in [4.69, 9.17) is 27.9 Å². The second-order valence-electron chi connectivity index (χ2n) is 5.01. The molecule has 1 unspecified atom stereocenters. The van der Waals surface area contributed by atoms with Crippen LogP contribution < -0.4 is 4.74 Å². The zero-order valence-corrected chi connectivity index (χ0v) is 14.9. The highest BCUT2D eigenvalue weighted by atomic mass is 79.9. The number of halogens is 3. The van der Waals surface area contributed by atoms with Gasteiger partial charge in [0, 0.05) is 15.4 Å². The molecule has 0 amide bonds. The van der Waals surface area contributed by atoms with Gasteiger partial charge in [-0.25, -0.2) is 0 Å². The number of ether oxygens (including phenoxy) is 1. The number of benzene rings is 2. The molecule has 112 valence electrons. The number of alkyl halides is 1. The molecule has 0 aromatic heterocycles. The molecule has 1 atom stereocenters. The summed E-state index contributed by atoms with van der Waals surface area (Å²) in [6.07, 6.45) is 1.79. The lowest BCUT2D eigenvalue weighted by Gasteiger charge is -2.16. The monoisotopic (exact) mass is 386 g/mol. The van der Waals surface area contributed by atoms with E-state index in [1.165, 1.54) is 5.56 Å². The molecule has 2 aromatic rings. The summed E-state index contributed by atoms with van der Waals surface area (Å²) in [6, 6.07) is 14.1. The van der Waals surface area contributed by atoms with Gasteiger partial charge >= 0.3 is 0 Å². The molecule has 0 spiro atoms. The van der Waals surface area contributed by atoms with Gasteiger partial charge in [-0.05, 0) is 60.2 Å². The predicted molar refractivity (Wildman–Crippen MR) is 93.8 cm³/mol. The first-order valence-electron chi connectivity index (χ1n) is 6.75. The topological polar surface area (TPSA) is 9.23 Å². The van der Waals surface area contributed by atoms with Crippen LogP contribution in [0.2, 0.25) is 5.02 Å². The average Bonchev–Trinajstić information content (AvgIpc) is 2.49. The molecule has 2 aromatic carbocycles. The van der Waals surface area contributed by atoms with Crippen LogP contribution in [0.25, 0.3) is 0 Å². The van der Waals surface area contributed by atoms with Gasteiger partial charge in [-0.1, -0.05) is 39.7 Å². The minimum Gasteiger partial charge on any atom is -0.496 e. The summed E-state index contributed by atoms with van der Waals surface area (Å²) in [5.74, 6) is 1.82. The fourth-order valence-corrected chi connectivity index (χ4v) is 3.03. The standard InChI is InChI=1S/C17H17BrCl2O/c1-21-17-7-6-16(20)10-14(17)9-13(11-19)8-12-2-4-15(18)5-3-12/h2-7,10,13H,8-9,11H2,1H3. The fraction of sp³-hybridized carbons (Fsp3) is 0.294. The largest absolute Gasteiger partial charge is 0.496 e. The minimum atomic E-state index is 0.347. The van der Waals surface area contributed by atoms with Crippen LogP contribution in [0, 0.1) is 5.92 Å². The molecule has 0 aliphatic heterocycles. The molecule has 0 bridgehead atoms. The van der Waals surface area contributed by atoms with E-state index in [-0.39, 0.29) is 0 Å². The number of methoxy groups -OCH3 is 1. The van der Waals surface area contributed by atoms with Crippen molar-refractivity contribution in [3.05, 3.63) is 63.1 Å². The molecule has 4 heteroatoms. The maximum absolute atomic E-state index is 6.15. The van der Waals surface area contributed by atoms with Crippen molar-refractivity contribution in [1.29, 1.82) is 0 Å². The zero-order chi connectivity index (χ0) is 15.2. The Balaban J connectivity index is 2.11. The first-order valence-corrected chi connectivity index (χ1v) is 8.45. The highest BCUT2D eigenvalue weighted by Gasteiger charge is 2.13. The van der Waals surface area contributed by atoms with Gasteiger partial charge in [0.05, 0.1) is 7.11 Å². The maximum Gasteiger partial charge on any atom is 0.122 e. The molecule has 0 fully saturated rings. The average molecular weight is 388 g/mol. The first-order chi connectivity index (χ1) is 10.1. The van der Waals surface area contributed by atoms with Crippen LogP contribution in [0.1, 0.15) is 11.1 Å². The van der Waals surface area contributed by atoms with Crippen molar-refractivity contribution in [2.45, 2.75) is 12.8 Å². The highest BCUT2D eigenvalue weighted by molar-refractivity contribution is 9.10. The van der Waals surface area contributed by atoms with Crippen molar-refractivity contribution in [2.24, 2.45) is 5.92 Å². The smallest absolute Gasteiger partial charge is 0.122 e. The summed E-state index contributed by atoms with van der Waals surface area (Å²) in [5, 5.41) is 0.725. The Hall–Kier alpha value is -0.700. The lowest BCUT2D eigenvalue weighted by atomic mass is 9.93. The van der Waals surface area contributed by atoms with Crippen molar-refractivity contribution in [1.82, 2.24) is 0 Å². The number of rotatable bonds is 6. The second-order valence-corrected chi connectivity index (χ2v) is 6.67. The fourth-order valence-electron chi connectivity index (χ4n) is 2.35. The van der Waals surface area contributed by atoms with E-state index < -0.39 is 0 Å². The molecule has 21 heavy (non-hydrogen) atoms. The molecule has 0 heterocycles. The Kier molecular flexibility index (Phi) is 6.40. The quantitative estimate of drug-likeness (QED) is 0.573. The molecule has 0 radical (unpaired) electrons. The van der Waals surface area contributed by atoms with Crippen LogP contribution in [0.5, 0.6) is 5.75 Å². The summed E-state index contributed by atoms with van der Waals surface area (Å²) >= 11 is 15.7. The molecule has 0 aliphatic rings. The lowest BCUT2D eigenvalue weighted by Crippen LogP contribution is -2.11. The van der Waals surface area contributed by atoms with Crippen LogP contribution in [0.4, 0.5) is 0 Å². The SMILES string of the molecule is COc1ccc(Cl)cc1CC(CCl)Cc1ccc(Br)cc1. The molecule has 0 saturated carbocycles.